The standard InChI is InChI=1S/C21H20F4N2O2S/c22-12-4-5-15(23)14(9-12)13-3-1-2-11(19(13)25)8-17-20(26-30)16(24)10-27(17)21(28)18-6-7-29-18/h1-5,9,16-18,20,26,30H,6-8,10H2. The van der Waals surface area contributed by atoms with Crippen LogP contribution < -0.4 is 4.72 Å². The van der Waals surface area contributed by atoms with Crippen LogP contribution in [0.25, 0.3) is 11.1 Å². The van der Waals surface area contributed by atoms with Gasteiger partial charge in [-0.25, -0.2) is 17.6 Å². The normalized spacial score (nSPS) is 26.0. The van der Waals surface area contributed by atoms with Crippen molar-refractivity contribution in [1.29, 1.82) is 0 Å². The van der Waals surface area contributed by atoms with Crippen molar-refractivity contribution in [3.8, 4) is 11.1 Å². The van der Waals surface area contributed by atoms with E-state index in [1.165, 1.54) is 23.1 Å². The molecule has 2 aliphatic rings. The summed E-state index contributed by atoms with van der Waals surface area (Å²) < 4.78 is 65.4. The Kier molecular flexibility index (Phi) is 6.04. The topological polar surface area (TPSA) is 41.6 Å². The van der Waals surface area contributed by atoms with Gasteiger partial charge < -0.3 is 9.64 Å². The van der Waals surface area contributed by atoms with Crippen LogP contribution in [0.5, 0.6) is 0 Å². The molecule has 2 heterocycles. The first-order valence-corrected chi connectivity index (χ1v) is 10.0. The second-order valence-corrected chi connectivity index (χ2v) is 7.74. The monoisotopic (exact) mass is 440 g/mol. The van der Waals surface area contributed by atoms with Gasteiger partial charge in [-0.2, -0.15) is 0 Å². The summed E-state index contributed by atoms with van der Waals surface area (Å²) >= 11 is 3.98. The minimum atomic E-state index is -1.39. The van der Waals surface area contributed by atoms with Gasteiger partial charge in [0, 0.05) is 17.5 Å². The van der Waals surface area contributed by atoms with Crippen LogP contribution in [0, 0.1) is 17.5 Å². The Morgan fingerprint density at radius 2 is 1.97 bits per heavy atom. The van der Waals surface area contributed by atoms with Gasteiger partial charge in [0.2, 0.25) is 0 Å². The molecular formula is C21H20F4N2O2S. The third kappa shape index (κ3) is 3.81. The maximum atomic E-state index is 15.3. The van der Waals surface area contributed by atoms with Crippen molar-refractivity contribution in [3.63, 3.8) is 0 Å². The lowest BCUT2D eigenvalue weighted by Crippen LogP contribution is -2.51. The fraction of sp³-hybridized carbons (Fsp3) is 0.381. The van der Waals surface area contributed by atoms with Gasteiger partial charge in [-0.05, 0) is 30.2 Å². The first kappa shape index (κ1) is 21.1. The lowest BCUT2D eigenvalue weighted by atomic mass is 9.95. The van der Waals surface area contributed by atoms with Crippen LogP contribution in [-0.4, -0.2) is 48.3 Å². The van der Waals surface area contributed by atoms with Gasteiger partial charge in [0.05, 0.1) is 25.2 Å². The summed E-state index contributed by atoms with van der Waals surface area (Å²) in [6.45, 7) is 0.319. The summed E-state index contributed by atoms with van der Waals surface area (Å²) in [5.41, 5.74) is -0.144. The molecule has 160 valence electrons. The number of amides is 1. The first-order chi connectivity index (χ1) is 14.4. The Labute approximate surface area is 176 Å². The second kappa shape index (κ2) is 8.56. The Balaban J connectivity index is 1.66. The number of rotatable bonds is 5. The molecule has 4 rings (SSSR count). The zero-order valence-electron chi connectivity index (χ0n) is 15.8. The van der Waals surface area contributed by atoms with E-state index in [1.54, 1.807) is 0 Å². The van der Waals surface area contributed by atoms with Gasteiger partial charge in [0.15, 0.2) is 0 Å². The second-order valence-electron chi connectivity index (χ2n) is 7.48. The highest BCUT2D eigenvalue weighted by Crippen LogP contribution is 2.32. The SMILES string of the molecule is O=C(C1CCO1)N1CC(F)C(NS)C1Cc1cccc(-c2cc(F)ccc2F)c1F. The van der Waals surface area contributed by atoms with Crippen LogP contribution in [0.15, 0.2) is 36.4 Å². The highest BCUT2D eigenvalue weighted by molar-refractivity contribution is 7.78. The molecule has 2 aromatic rings. The Morgan fingerprint density at radius 3 is 2.63 bits per heavy atom. The molecule has 0 saturated carbocycles. The smallest absolute Gasteiger partial charge is 0.252 e. The van der Waals surface area contributed by atoms with Gasteiger partial charge in [-0.3, -0.25) is 9.52 Å². The molecule has 0 bridgehead atoms. The van der Waals surface area contributed by atoms with Crippen molar-refractivity contribution < 1.29 is 27.1 Å². The summed E-state index contributed by atoms with van der Waals surface area (Å²) in [5.74, 6) is -2.53. The van der Waals surface area contributed by atoms with Gasteiger partial charge >= 0.3 is 0 Å². The van der Waals surface area contributed by atoms with Crippen LogP contribution in [0.1, 0.15) is 12.0 Å². The Hall–Kier alpha value is -2.10. The molecule has 2 fully saturated rings. The Morgan fingerprint density at radius 1 is 1.20 bits per heavy atom. The number of halogens is 4. The molecule has 0 aromatic heterocycles. The van der Waals surface area contributed by atoms with Crippen LogP contribution in [0.2, 0.25) is 0 Å². The molecule has 0 aliphatic carbocycles. The highest BCUT2D eigenvalue weighted by atomic mass is 32.1. The predicted molar refractivity (Wildman–Crippen MR) is 106 cm³/mol. The molecule has 9 heteroatoms. The number of hydrogen-bond donors (Lipinski definition) is 2. The molecule has 2 aliphatic heterocycles. The lowest BCUT2D eigenvalue weighted by molar-refractivity contribution is -0.157. The molecule has 2 aromatic carbocycles. The van der Waals surface area contributed by atoms with E-state index in [4.69, 9.17) is 4.74 Å². The van der Waals surface area contributed by atoms with E-state index in [0.29, 0.717) is 13.0 Å². The Bertz CT molecular complexity index is 957. The number of alkyl halides is 1. The lowest BCUT2D eigenvalue weighted by Gasteiger charge is -2.34. The van der Waals surface area contributed by atoms with Gasteiger partial charge in [-0.15, -0.1) is 0 Å². The van der Waals surface area contributed by atoms with Crippen LogP contribution >= 0.6 is 12.8 Å². The summed E-state index contributed by atoms with van der Waals surface area (Å²) in [5, 5.41) is 0. The van der Waals surface area contributed by atoms with Gasteiger partial charge in [0.1, 0.15) is 29.7 Å². The number of hydrogen-bond acceptors (Lipinski definition) is 4. The van der Waals surface area contributed by atoms with Crippen LogP contribution in [0.3, 0.4) is 0 Å². The number of thiol groups is 1. The number of carbonyl (C=O) groups is 1. The average molecular weight is 440 g/mol. The molecular weight excluding hydrogens is 420 g/mol. The molecule has 0 spiro atoms. The van der Waals surface area contributed by atoms with E-state index in [9.17, 15) is 18.0 Å². The van der Waals surface area contributed by atoms with Crippen LogP contribution in [-0.2, 0) is 16.0 Å². The zero-order valence-corrected chi connectivity index (χ0v) is 16.7. The average Bonchev–Trinajstić information content (AvgIpc) is 2.99. The molecule has 1 amide bonds. The number of carbonyl (C=O) groups excluding carboxylic acids is 1. The summed E-state index contributed by atoms with van der Waals surface area (Å²) in [7, 11) is 0. The van der Waals surface area contributed by atoms with E-state index in [0.717, 1.165) is 18.2 Å². The fourth-order valence-corrected chi connectivity index (χ4v) is 4.35. The number of nitrogens with one attached hydrogen (secondary N) is 1. The van der Waals surface area contributed by atoms with Crippen molar-refractivity contribution in [3.05, 3.63) is 59.4 Å². The molecule has 4 unspecified atom stereocenters. The number of benzene rings is 2. The molecule has 1 N–H and O–H groups in total. The predicted octanol–water partition coefficient (Wildman–Crippen LogP) is 3.45. The summed E-state index contributed by atoms with van der Waals surface area (Å²) in [6.07, 6.45) is -1.46. The van der Waals surface area contributed by atoms with Crippen molar-refractivity contribution in [2.75, 3.05) is 13.2 Å². The molecule has 4 atom stereocenters. The number of likely N-dealkylation sites (tertiary alicyclic amines) is 1. The number of nitrogens with zero attached hydrogens (tertiary/aromatic N) is 1. The van der Waals surface area contributed by atoms with E-state index in [-0.39, 0.29) is 35.6 Å². The van der Waals surface area contributed by atoms with Gasteiger partial charge in [0.25, 0.3) is 5.91 Å². The maximum Gasteiger partial charge on any atom is 0.252 e. The third-order valence-corrected chi connectivity index (χ3v) is 6.01. The van der Waals surface area contributed by atoms with Gasteiger partial charge in [-0.1, -0.05) is 31.0 Å². The minimum absolute atomic E-state index is 0.0201. The maximum absolute atomic E-state index is 15.3. The van der Waals surface area contributed by atoms with Crippen molar-refractivity contribution in [2.45, 2.75) is 37.2 Å². The van der Waals surface area contributed by atoms with Crippen molar-refractivity contribution >= 4 is 18.7 Å². The van der Waals surface area contributed by atoms with Crippen molar-refractivity contribution in [1.82, 2.24) is 9.62 Å². The number of ether oxygens (including phenoxy) is 1. The van der Waals surface area contributed by atoms with E-state index in [2.05, 4.69) is 17.5 Å². The van der Waals surface area contributed by atoms with Crippen LogP contribution in [0.4, 0.5) is 17.6 Å². The van der Waals surface area contributed by atoms with E-state index in [1.807, 2.05) is 0 Å². The molecule has 30 heavy (non-hydrogen) atoms. The highest BCUT2D eigenvalue weighted by Gasteiger charge is 2.46. The molecule has 4 nitrogen and oxygen atoms in total. The summed E-state index contributed by atoms with van der Waals surface area (Å²) in [6, 6.07) is 5.64. The molecule has 2 saturated heterocycles. The third-order valence-electron chi connectivity index (χ3n) is 5.71. The summed E-state index contributed by atoms with van der Waals surface area (Å²) in [4.78, 5) is 14.0. The van der Waals surface area contributed by atoms with E-state index < -0.39 is 41.8 Å². The zero-order chi connectivity index (χ0) is 21.4. The fourth-order valence-electron chi connectivity index (χ4n) is 4.02. The first-order valence-electron chi connectivity index (χ1n) is 9.59. The van der Waals surface area contributed by atoms with E-state index >= 15 is 4.39 Å². The van der Waals surface area contributed by atoms with Crippen molar-refractivity contribution in [2.24, 2.45) is 0 Å². The molecule has 0 radical (unpaired) electrons. The largest absolute Gasteiger partial charge is 0.368 e. The quantitative estimate of drug-likeness (QED) is 0.553. The minimum Gasteiger partial charge on any atom is -0.368 e.